The SMILES string of the molecule is CCCCOc1ccc(C(NC)C(CC)CC)cc1. The number of hydrogen-bond donors (Lipinski definition) is 1. The Morgan fingerprint density at radius 3 is 2.16 bits per heavy atom. The van der Waals surface area contributed by atoms with Crippen LogP contribution in [0.2, 0.25) is 0 Å². The average molecular weight is 263 g/mol. The fraction of sp³-hybridized carbons (Fsp3) is 0.647. The van der Waals surface area contributed by atoms with Crippen molar-refractivity contribution < 1.29 is 4.74 Å². The van der Waals surface area contributed by atoms with E-state index in [2.05, 4.69) is 57.4 Å². The van der Waals surface area contributed by atoms with Gasteiger partial charge in [-0.25, -0.2) is 0 Å². The molecule has 19 heavy (non-hydrogen) atoms. The van der Waals surface area contributed by atoms with Gasteiger partial charge >= 0.3 is 0 Å². The maximum atomic E-state index is 5.71. The molecule has 2 nitrogen and oxygen atoms in total. The average Bonchev–Trinajstić information content (AvgIpc) is 2.46. The summed E-state index contributed by atoms with van der Waals surface area (Å²) >= 11 is 0. The van der Waals surface area contributed by atoms with E-state index in [1.165, 1.54) is 24.8 Å². The van der Waals surface area contributed by atoms with Crippen molar-refractivity contribution in [1.29, 1.82) is 0 Å². The van der Waals surface area contributed by atoms with Crippen molar-refractivity contribution in [3.63, 3.8) is 0 Å². The van der Waals surface area contributed by atoms with Gasteiger partial charge in [-0.3, -0.25) is 0 Å². The Hall–Kier alpha value is -1.02. The van der Waals surface area contributed by atoms with E-state index in [4.69, 9.17) is 4.74 Å². The molecule has 0 aliphatic carbocycles. The first-order chi connectivity index (χ1) is 9.26. The predicted molar refractivity (Wildman–Crippen MR) is 82.7 cm³/mol. The Labute approximate surface area is 118 Å². The molecule has 0 fully saturated rings. The molecule has 0 aliphatic heterocycles. The van der Waals surface area contributed by atoms with Crippen LogP contribution in [0.1, 0.15) is 58.1 Å². The van der Waals surface area contributed by atoms with Gasteiger partial charge in [-0.05, 0) is 37.1 Å². The highest BCUT2D eigenvalue weighted by Crippen LogP contribution is 2.28. The summed E-state index contributed by atoms with van der Waals surface area (Å²) in [5.41, 5.74) is 1.36. The van der Waals surface area contributed by atoms with E-state index in [0.29, 0.717) is 12.0 Å². The molecule has 0 spiro atoms. The summed E-state index contributed by atoms with van der Waals surface area (Å²) in [7, 11) is 2.05. The minimum absolute atomic E-state index is 0.444. The number of unbranched alkanes of at least 4 members (excludes halogenated alkanes) is 1. The zero-order valence-corrected chi connectivity index (χ0v) is 12.9. The monoisotopic (exact) mass is 263 g/mol. The molecule has 2 heteroatoms. The zero-order valence-electron chi connectivity index (χ0n) is 12.9. The van der Waals surface area contributed by atoms with E-state index < -0.39 is 0 Å². The van der Waals surface area contributed by atoms with E-state index in [1.54, 1.807) is 0 Å². The maximum Gasteiger partial charge on any atom is 0.119 e. The molecule has 108 valence electrons. The van der Waals surface area contributed by atoms with E-state index in [0.717, 1.165) is 18.8 Å². The van der Waals surface area contributed by atoms with Gasteiger partial charge in [0.15, 0.2) is 0 Å². The van der Waals surface area contributed by atoms with Crippen molar-refractivity contribution in [2.75, 3.05) is 13.7 Å². The summed E-state index contributed by atoms with van der Waals surface area (Å²) < 4.78 is 5.71. The minimum Gasteiger partial charge on any atom is -0.494 e. The highest BCUT2D eigenvalue weighted by molar-refractivity contribution is 5.29. The van der Waals surface area contributed by atoms with Crippen molar-refractivity contribution >= 4 is 0 Å². The Kier molecular flexibility index (Phi) is 7.57. The van der Waals surface area contributed by atoms with Gasteiger partial charge in [0.2, 0.25) is 0 Å². The molecule has 0 aromatic heterocycles. The molecule has 1 N–H and O–H groups in total. The quantitative estimate of drug-likeness (QED) is 0.659. The smallest absolute Gasteiger partial charge is 0.119 e. The van der Waals surface area contributed by atoms with Crippen molar-refractivity contribution in [3.8, 4) is 5.75 Å². The Morgan fingerprint density at radius 2 is 1.68 bits per heavy atom. The zero-order chi connectivity index (χ0) is 14.1. The highest BCUT2D eigenvalue weighted by atomic mass is 16.5. The lowest BCUT2D eigenvalue weighted by atomic mass is 9.89. The van der Waals surface area contributed by atoms with Crippen molar-refractivity contribution in [2.45, 2.75) is 52.5 Å². The Bertz CT molecular complexity index is 330. The molecular weight excluding hydrogens is 234 g/mol. The van der Waals surface area contributed by atoms with Gasteiger partial charge in [-0.1, -0.05) is 52.2 Å². The third kappa shape index (κ3) is 4.87. The second kappa shape index (κ2) is 8.98. The largest absolute Gasteiger partial charge is 0.494 e. The lowest BCUT2D eigenvalue weighted by Gasteiger charge is -2.25. The summed E-state index contributed by atoms with van der Waals surface area (Å²) in [5, 5.41) is 3.45. The molecule has 1 aromatic rings. The van der Waals surface area contributed by atoms with E-state index >= 15 is 0 Å². The lowest BCUT2D eigenvalue weighted by molar-refractivity contribution is 0.308. The molecule has 1 aromatic carbocycles. The number of nitrogens with one attached hydrogen (secondary N) is 1. The fourth-order valence-electron chi connectivity index (χ4n) is 2.54. The Morgan fingerprint density at radius 1 is 1.05 bits per heavy atom. The van der Waals surface area contributed by atoms with Gasteiger partial charge in [0.05, 0.1) is 6.61 Å². The van der Waals surface area contributed by atoms with Gasteiger partial charge in [0, 0.05) is 6.04 Å². The molecule has 0 saturated heterocycles. The Balaban J connectivity index is 2.67. The number of hydrogen-bond acceptors (Lipinski definition) is 2. The molecule has 0 aliphatic rings. The van der Waals surface area contributed by atoms with Gasteiger partial charge in [-0.15, -0.1) is 0 Å². The van der Waals surface area contributed by atoms with Crippen LogP contribution in [0.4, 0.5) is 0 Å². The van der Waals surface area contributed by atoms with Crippen LogP contribution in [0, 0.1) is 5.92 Å². The lowest BCUT2D eigenvalue weighted by Crippen LogP contribution is -2.24. The van der Waals surface area contributed by atoms with Crippen LogP contribution in [0.5, 0.6) is 5.75 Å². The van der Waals surface area contributed by atoms with Crippen molar-refractivity contribution in [3.05, 3.63) is 29.8 Å². The third-order valence-corrected chi connectivity index (χ3v) is 3.84. The normalized spacial score (nSPS) is 12.7. The molecule has 0 radical (unpaired) electrons. The summed E-state index contributed by atoms with van der Waals surface area (Å²) in [5.74, 6) is 1.67. The molecule has 1 unspecified atom stereocenters. The number of rotatable bonds is 9. The van der Waals surface area contributed by atoms with Crippen LogP contribution in [0.3, 0.4) is 0 Å². The van der Waals surface area contributed by atoms with Gasteiger partial charge in [-0.2, -0.15) is 0 Å². The second-order valence-electron chi connectivity index (χ2n) is 5.11. The number of benzene rings is 1. The minimum atomic E-state index is 0.444. The maximum absolute atomic E-state index is 5.71. The first-order valence-electron chi connectivity index (χ1n) is 7.66. The van der Waals surface area contributed by atoms with Crippen molar-refractivity contribution in [2.24, 2.45) is 5.92 Å². The first-order valence-corrected chi connectivity index (χ1v) is 7.66. The van der Waals surface area contributed by atoms with Crippen LogP contribution >= 0.6 is 0 Å². The summed E-state index contributed by atoms with van der Waals surface area (Å²) in [6.45, 7) is 7.53. The molecule has 1 atom stereocenters. The fourth-order valence-corrected chi connectivity index (χ4v) is 2.54. The molecule has 0 saturated carbocycles. The molecule has 0 heterocycles. The van der Waals surface area contributed by atoms with Crippen LogP contribution in [-0.2, 0) is 0 Å². The molecule has 1 rings (SSSR count). The van der Waals surface area contributed by atoms with Gasteiger partial charge < -0.3 is 10.1 Å². The standard InChI is InChI=1S/C17H29NO/c1-5-8-13-19-16-11-9-15(10-12-16)17(18-4)14(6-2)7-3/h9-12,14,17-18H,5-8,13H2,1-4H3. The molecule has 0 amide bonds. The topological polar surface area (TPSA) is 21.3 Å². The summed E-state index contributed by atoms with van der Waals surface area (Å²) in [4.78, 5) is 0. The second-order valence-corrected chi connectivity index (χ2v) is 5.11. The molecule has 0 bridgehead atoms. The summed E-state index contributed by atoms with van der Waals surface area (Å²) in [6.07, 6.45) is 4.71. The van der Waals surface area contributed by atoms with Crippen LogP contribution in [0.15, 0.2) is 24.3 Å². The predicted octanol–water partition coefficient (Wildman–Crippen LogP) is 4.56. The summed E-state index contributed by atoms with van der Waals surface area (Å²) in [6, 6.07) is 9.02. The van der Waals surface area contributed by atoms with E-state index in [9.17, 15) is 0 Å². The highest BCUT2D eigenvalue weighted by Gasteiger charge is 2.18. The van der Waals surface area contributed by atoms with Gasteiger partial charge in [0.1, 0.15) is 5.75 Å². The first kappa shape index (κ1) is 16.0. The van der Waals surface area contributed by atoms with Crippen LogP contribution in [0.25, 0.3) is 0 Å². The van der Waals surface area contributed by atoms with Crippen LogP contribution < -0.4 is 10.1 Å². The van der Waals surface area contributed by atoms with E-state index in [1.807, 2.05) is 0 Å². The van der Waals surface area contributed by atoms with Crippen LogP contribution in [-0.4, -0.2) is 13.7 Å². The third-order valence-electron chi connectivity index (χ3n) is 3.84. The van der Waals surface area contributed by atoms with E-state index in [-0.39, 0.29) is 0 Å². The number of ether oxygens (including phenoxy) is 1. The van der Waals surface area contributed by atoms with Crippen molar-refractivity contribution in [1.82, 2.24) is 5.32 Å². The molecular formula is C17H29NO. The van der Waals surface area contributed by atoms with Gasteiger partial charge in [0.25, 0.3) is 0 Å².